The van der Waals surface area contributed by atoms with Crippen LogP contribution in [0.3, 0.4) is 0 Å². The van der Waals surface area contributed by atoms with Gasteiger partial charge < -0.3 is 16.0 Å². The molecule has 1 saturated carbocycles. The van der Waals surface area contributed by atoms with Gasteiger partial charge >= 0.3 is 6.03 Å². The summed E-state index contributed by atoms with van der Waals surface area (Å²) in [5, 5.41) is 22.9. The van der Waals surface area contributed by atoms with Gasteiger partial charge in [0.05, 0.1) is 12.4 Å². The fourth-order valence-electron chi connectivity index (χ4n) is 4.97. The van der Waals surface area contributed by atoms with E-state index in [0.29, 0.717) is 29.7 Å². The maximum atomic E-state index is 13.6. The van der Waals surface area contributed by atoms with E-state index in [-0.39, 0.29) is 18.1 Å². The number of amides is 2. The number of hydrogen-bond acceptors (Lipinski definition) is 8. The van der Waals surface area contributed by atoms with Gasteiger partial charge in [-0.25, -0.2) is 14.8 Å². The lowest BCUT2D eigenvalue weighted by molar-refractivity contribution is 0.240. The highest BCUT2D eigenvalue weighted by atomic mass is 16.2. The van der Waals surface area contributed by atoms with E-state index < -0.39 is 0 Å². The molecule has 3 N–H and O–H groups in total. The number of carbonyl (C=O) groups is 1. The van der Waals surface area contributed by atoms with Gasteiger partial charge in [-0.15, -0.1) is 0 Å². The Bertz CT molecular complexity index is 1470. The zero-order chi connectivity index (χ0) is 27.9. The van der Waals surface area contributed by atoms with Crippen LogP contribution < -0.4 is 20.9 Å². The number of carbonyl (C=O) groups excluding carboxylic acids is 1. The predicted molar refractivity (Wildman–Crippen MR) is 154 cm³/mol. The largest absolute Gasteiger partial charge is 0.372 e. The molecule has 0 unspecified atom stereocenters. The van der Waals surface area contributed by atoms with E-state index in [4.69, 9.17) is 4.98 Å². The molecule has 5 rings (SSSR count). The molecule has 1 aromatic carbocycles. The molecule has 0 radical (unpaired) electrons. The third kappa shape index (κ3) is 6.18. The number of aromatic nitrogens is 5. The molecular formula is C29H32N10O. The van der Waals surface area contributed by atoms with Crippen LogP contribution in [0.15, 0.2) is 67.3 Å². The van der Waals surface area contributed by atoms with Crippen LogP contribution in [0.25, 0.3) is 11.1 Å². The molecule has 204 valence electrons. The third-order valence-electron chi connectivity index (χ3n) is 7.08. The first kappa shape index (κ1) is 26.6. The van der Waals surface area contributed by atoms with Crippen molar-refractivity contribution in [3.63, 3.8) is 0 Å². The number of nitriles is 1. The lowest BCUT2D eigenvalue weighted by Crippen LogP contribution is -2.49. The van der Waals surface area contributed by atoms with Crippen LogP contribution in [0.1, 0.15) is 36.8 Å². The van der Waals surface area contributed by atoms with Crippen molar-refractivity contribution in [3.05, 3.63) is 78.4 Å². The van der Waals surface area contributed by atoms with Crippen molar-refractivity contribution in [1.29, 1.82) is 5.26 Å². The van der Waals surface area contributed by atoms with Gasteiger partial charge in [-0.05, 0) is 43.4 Å². The zero-order valence-corrected chi connectivity index (χ0v) is 22.6. The molecule has 11 nitrogen and oxygen atoms in total. The Morgan fingerprint density at radius 1 is 1.05 bits per heavy atom. The third-order valence-corrected chi connectivity index (χ3v) is 7.08. The van der Waals surface area contributed by atoms with Gasteiger partial charge in [-0.2, -0.15) is 15.3 Å². The number of rotatable bonds is 8. The molecule has 1 aliphatic rings. The number of pyridine rings is 1. The van der Waals surface area contributed by atoms with E-state index in [1.807, 2.05) is 55.7 Å². The fraction of sp³-hybridized carbons (Fsp3) is 0.310. The van der Waals surface area contributed by atoms with Crippen LogP contribution in [0.2, 0.25) is 0 Å². The van der Waals surface area contributed by atoms with Crippen molar-refractivity contribution in [2.24, 2.45) is 7.05 Å². The summed E-state index contributed by atoms with van der Waals surface area (Å²) in [5.41, 5.74) is 3.35. The van der Waals surface area contributed by atoms with Crippen LogP contribution in [0, 0.1) is 11.3 Å². The van der Waals surface area contributed by atoms with Crippen molar-refractivity contribution in [1.82, 2.24) is 30.0 Å². The van der Waals surface area contributed by atoms with Gasteiger partial charge in [0.1, 0.15) is 23.3 Å². The fourth-order valence-corrected chi connectivity index (χ4v) is 4.97. The predicted octanol–water partition coefficient (Wildman–Crippen LogP) is 4.32. The summed E-state index contributed by atoms with van der Waals surface area (Å²) >= 11 is 0. The average molecular weight is 537 g/mol. The highest BCUT2D eigenvalue weighted by molar-refractivity contribution is 5.91. The maximum Gasteiger partial charge on any atom is 0.323 e. The second-order valence-electron chi connectivity index (χ2n) is 9.79. The number of urea groups is 1. The Hall–Kier alpha value is -4.98. The van der Waals surface area contributed by atoms with E-state index in [1.165, 1.54) is 6.20 Å². The molecule has 2 amide bonds. The van der Waals surface area contributed by atoms with Crippen molar-refractivity contribution in [2.45, 2.75) is 44.3 Å². The van der Waals surface area contributed by atoms with E-state index in [9.17, 15) is 10.1 Å². The van der Waals surface area contributed by atoms with Gasteiger partial charge in [-0.3, -0.25) is 9.58 Å². The first-order valence-electron chi connectivity index (χ1n) is 13.3. The topological polar surface area (TPSA) is 137 Å². The summed E-state index contributed by atoms with van der Waals surface area (Å²) in [6.45, 7) is 0.435. The number of anilines is 3. The molecule has 11 heteroatoms. The number of hydrogen-bond donors (Lipinski definition) is 3. The first-order chi connectivity index (χ1) is 19.5. The number of nitrogens with one attached hydrogen (secondary N) is 3. The highest BCUT2D eigenvalue weighted by Gasteiger charge is 2.31. The second-order valence-corrected chi connectivity index (χ2v) is 9.79. The van der Waals surface area contributed by atoms with Gasteiger partial charge in [0, 0.05) is 56.2 Å². The molecule has 0 aliphatic heterocycles. The lowest BCUT2D eigenvalue weighted by Gasteiger charge is -2.36. The van der Waals surface area contributed by atoms with Crippen molar-refractivity contribution < 1.29 is 4.79 Å². The van der Waals surface area contributed by atoms with Crippen LogP contribution in [0.4, 0.5) is 22.4 Å². The van der Waals surface area contributed by atoms with E-state index >= 15 is 0 Å². The summed E-state index contributed by atoms with van der Waals surface area (Å²) < 4.78 is 1.75. The minimum Gasteiger partial charge on any atom is -0.372 e. The molecule has 0 saturated heterocycles. The SMILES string of the molecule is CNc1nc(NC2CCC(N(C(=O)NCc3ccccc3)c3ccc(-c4cnn(C)c4)cn3)CC2)ncc1C#N. The number of nitrogens with zero attached hydrogens (tertiary/aromatic N) is 7. The van der Waals surface area contributed by atoms with Gasteiger partial charge in [0.15, 0.2) is 0 Å². The van der Waals surface area contributed by atoms with Gasteiger partial charge in [0.25, 0.3) is 0 Å². The average Bonchev–Trinajstić information content (AvgIpc) is 3.44. The van der Waals surface area contributed by atoms with Crippen molar-refractivity contribution >= 4 is 23.6 Å². The smallest absolute Gasteiger partial charge is 0.323 e. The van der Waals surface area contributed by atoms with Crippen LogP contribution in [0.5, 0.6) is 0 Å². The summed E-state index contributed by atoms with van der Waals surface area (Å²) in [5.74, 6) is 1.59. The summed E-state index contributed by atoms with van der Waals surface area (Å²) in [6.07, 6.45) is 10.3. The van der Waals surface area contributed by atoms with Crippen LogP contribution in [-0.2, 0) is 13.6 Å². The molecule has 4 aromatic rings. The monoisotopic (exact) mass is 536 g/mol. The Balaban J connectivity index is 1.30. The first-order valence-corrected chi connectivity index (χ1v) is 13.3. The molecule has 3 aromatic heterocycles. The van der Waals surface area contributed by atoms with E-state index in [2.05, 4.69) is 37.1 Å². The van der Waals surface area contributed by atoms with Crippen LogP contribution in [-0.4, -0.2) is 49.9 Å². The number of aryl methyl sites for hydroxylation is 1. The zero-order valence-electron chi connectivity index (χ0n) is 22.6. The molecule has 1 aliphatic carbocycles. The quantitative estimate of drug-likeness (QED) is 0.303. The van der Waals surface area contributed by atoms with Crippen LogP contribution >= 0.6 is 0 Å². The van der Waals surface area contributed by atoms with E-state index in [0.717, 1.165) is 42.4 Å². The molecular weight excluding hydrogens is 504 g/mol. The van der Waals surface area contributed by atoms with Crippen molar-refractivity contribution in [2.75, 3.05) is 22.6 Å². The maximum absolute atomic E-state index is 13.6. The molecule has 1 fully saturated rings. The molecule has 0 atom stereocenters. The Morgan fingerprint density at radius 3 is 2.50 bits per heavy atom. The van der Waals surface area contributed by atoms with Gasteiger partial charge in [0.2, 0.25) is 5.95 Å². The molecule has 0 spiro atoms. The lowest BCUT2D eigenvalue weighted by atomic mass is 9.90. The molecule has 3 heterocycles. The summed E-state index contributed by atoms with van der Waals surface area (Å²) in [7, 11) is 3.61. The number of benzene rings is 1. The minimum absolute atomic E-state index is 0.0136. The molecule has 40 heavy (non-hydrogen) atoms. The Labute approximate surface area is 233 Å². The summed E-state index contributed by atoms with van der Waals surface area (Å²) in [6, 6.07) is 15.8. The Morgan fingerprint density at radius 2 is 1.85 bits per heavy atom. The standard InChI is InChI=1S/C29H32N10O/c1-31-27-22(14-30)17-33-28(37-27)36-24-9-11-25(12-10-24)39(29(40)34-15-20-6-4-3-5-7-20)26-13-8-21(16-32-26)23-18-35-38(2)19-23/h3-8,13,16-19,24-25H,9-12,15H2,1-2H3,(H,34,40)(H2,31,33,36,37). The van der Waals surface area contributed by atoms with Crippen molar-refractivity contribution in [3.8, 4) is 17.2 Å². The van der Waals surface area contributed by atoms with E-state index in [1.54, 1.807) is 29.0 Å². The minimum atomic E-state index is -0.170. The van der Waals surface area contributed by atoms with Gasteiger partial charge in [-0.1, -0.05) is 30.3 Å². The highest BCUT2D eigenvalue weighted by Crippen LogP contribution is 2.29. The molecule has 0 bridgehead atoms. The Kier molecular flexibility index (Phi) is 8.15. The normalized spacial score (nSPS) is 16.5. The summed E-state index contributed by atoms with van der Waals surface area (Å²) in [4.78, 5) is 28.8. The second kappa shape index (κ2) is 12.3.